The Balaban J connectivity index is 0.000000350. The van der Waals surface area contributed by atoms with Gasteiger partial charge in [-0.25, -0.2) is 0 Å². The quantitative estimate of drug-likeness (QED) is 0.150. The Kier molecular flexibility index (Phi) is 13.0. The molecule has 2 radical (unpaired) electrons. The van der Waals surface area contributed by atoms with Crippen molar-refractivity contribution in [1.29, 1.82) is 0 Å². The van der Waals surface area contributed by atoms with Crippen molar-refractivity contribution in [2.75, 3.05) is 0 Å². The minimum absolute atomic E-state index is 0. The van der Waals surface area contributed by atoms with Crippen LogP contribution in [-0.4, -0.2) is 6.88 Å². The van der Waals surface area contributed by atoms with Gasteiger partial charge >= 0.3 is 30.2 Å². The zero-order valence-electron chi connectivity index (χ0n) is 23.1. The molecule has 0 aliphatic heterocycles. The minimum atomic E-state index is 0. The first kappa shape index (κ1) is 32.0. The van der Waals surface area contributed by atoms with Gasteiger partial charge in [0.2, 0.25) is 0 Å². The van der Waals surface area contributed by atoms with Gasteiger partial charge in [-0.15, -0.1) is 75.6 Å². The summed E-state index contributed by atoms with van der Waals surface area (Å²) in [4.78, 5) is 0. The summed E-state index contributed by atoms with van der Waals surface area (Å²) in [6.07, 6.45) is 2.43. The van der Waals surface area contributed by atoms with Gasteiger partial charge in [-0.3, -0.25) is 0 Å². The number of benzene rings is 3. The standard InChI is InChI=1S/C20H21.C12H13.2CH3.Si.Zr/c1-14-12-16-6-5-7-18(19(16)13-14)15-8-10-17(11-9-15)20(2,3)4;1-2-5-10-8-9-11-6-3-4-7-12(10)11;;;;/h5-13H,1-4H3;3-4,6-9H,2,5H2,1H3;2*1H3;;/q4*-1;;. The monoisotopic (exact) mass is 566 g/mol. The molecule has 0 fully saturated rings. The molecule has 0 spiro atoms. The van der Waals surface area contributed by atoms with Gasteiger partial charge in [-0.1, -0.05) is 89.4 Å². The SMILES string of the molecule is CCCc1c[cH-]c2ccccc12.Cc1cc2c(-c3ccc(C(C)(C)C)cc3)cccc2[cH-]1.[CH3-].[CH3-].[Si]=[Zr]. The van der Waals surface area contributed by atoms with E-state index in [1.54, 1.807) is 0 Å². The Bertz CT molecular complexity index is 1330. The third kappa shape index (κ3) is 7.74. The van der Waals surface area contributed by atoms with Crippen molar-refractivity contribution < 1.29 is 23.3 Å². The molecule has 0 saturated carbocycles. The molecule has 0 amide bonds. The van der Waals surface area contributed by atoms with Crippen LogP contribution in [0.5, 0.6) is 0 Å². The van der Waals surface area contributed by atoms with E-state index in [9.17, 15) is 0 Å². The number of aryl methyl sites for hydroxylation is 2. The van der Waals surface area contributed by atoms with Crippen LogP contribution in [0.3, 0.4) is 0 Å². The Hall–Kier alpha value is -2.02. The molecule has 5 aromatic rings. The van der Waals surface area contributed by atoms with Crippen molar-refractivity contribution in [3.8, 4) is 11.1 Å². The van der Waals surface area contributed by atoms with Gasteiger partial charge < -0.3 is 14.9 Å². The average Bonchev–Trinajstić information content (AvgIpc) is 3.43. The first-order valence-corrected chi connectivity index (χ1v) is 16.2. The molecule has 0 unspecified atom stereocenters. The van der Waals surface area contributed by atoms with Gasteiger partial charge in [0, 0.05) is 0 Å². The van der Waals surface area contributed by atoms with Crippen LogP contribution in [0, 0.1) is 21.8 Å². The van der Waals surface area contributed by atoms with E-state index in [1.807, 2.05) is 0 Å². The van der Waals surface area contributed by atoms with E-state index in [4.69, 9.17) is 0 Å². The zero-order chi connectivity index (χ0) is 24.7. The molecule has 0 aromatic heterocycles. The van der Waals surface area contributed by atoms with Crippen molar-refractivity contribution in [1.82, 2.24) is 0 Å². The summed E-state index contributed by atoms with van der Waals surface area (Å²) in [5, 5.41) is 5.49. The van der Waals surface area contributed by atoms with Crippen molar-refractivity contribution >= 4 is 28.4 Å². The molecule has 2 heteroatoms. The van der Waals surface area contributed by atoms with Crippen LogP contribution < -0.4 is 0 Å². The van der Waals surface area contributed by atoms with E-state index in [2.05, 4.69) is 132 Å². The van der Waals surface area contributed by atoms with Crippen molar-refractivity contribution in [2.24, 2.45) is 0 Å². The molecule has 0 nitrogen and oxygen atoms in total. The number of hydrogen-bond donors (Lipinski definition) is 0. The van der Waals surface area contributed by atoms with E-state index >= 15 is 0 Å². The first-order valence-electron chi connectivity index (χ1n) is 12.0. The van der Waals surface area contributed by atoms with Crippen LogP contribution in [0.2, 0.25) is 0 Å². The van der Waals surface area contributed by atoms with E-state index in [0.29, 0.717) is 0 Å². The third-order valence-corrected chi connectivity index (χ3v) is 6.25. The fourth-order valence-electron chi connectivity index (χ4n) is 4.49. The third-order valence-electron chi connectivity index (χ3n) is 6.25. The second-order valence-corrected chi connectivity index (χ2v) is 9.86. The second-order valence-electron chi connectivity index (χ2n) is 9.86. The zero-order valence-corrected chi connectivity index (χ0v) is 26.5. The molecule has 0 aliphatic carbocycles. The molecule has 0 bridgehead atoms. The maximum atomic E-state index is 3.06. The summed E-state index contributed by atoms with van der Waals surface area (Å²) >= 11 is 1.36. The van der Waals surface area contributed by atoms with Gasteiger partial charge in [-0.05, 0) is 16.5 Å². The van der Waals surface area contributed by atoms with Crippen LogP contribution in [0.25, 0.3) is 32.7 Å². The maximum absolute atomic E-state index is 3.06. The summed E-state index contributed by atoms with van der Waals surface area (Å²) < 4.78 is 0. The van der Waals surface area contributed by atoms with Crippen molar-refractivity contribution in [2.45, 2.75) is 52.9 Å². The fraction of sp³-hybridized carbons (Fsp3) is 0.235. The molecule has 5 aromatic carbocycles. The molecule has 0 aliphatic rings. The normalized spacial score (nSPS) is 10.3. The van der Waals surface area contributed by atoms with Gasteiger partial charge in [0.25, 0.3) is 0 Å². The summed E-state index contributed by atoms with van der Waals surface area (Å²) in [7, 11) is 0. The van der Waals surface area contributed by atoms with Crippen LogP contribution >= 0.6 is 0 Å². The molecule has 36 heavy (non-hydrogen) atoms. The Morgan fingerprint density at radius 2 is 1.44 bits per heavy atom. The Labute approximate surface area is 237 Å². The molecule has 0 atom stereocenters. The topological polar surface area (TPSA) is 0 Å². The number of fused-ring (bicyclic) bond motifs is 2. The van der Waals surface area contributed by atoms with Gasteiger partial charge in [0.1, 0.15) is 0 Å². The summed E-state index contributed by atoms with van der Waals surface area (Å²) in [5.74, 6) is 0. The molecule has 0 saturated heterocycles. The van der Waals surface area contributed by atoms with Crippen LogP contribution in [0.4, 0.5) is 0 Å². The molecular formula is C34H40SiZr-4. The second kappa shape index (κ2) is 14.7. The van der Waals surface area contributed by atoms with E-state index in [-0.39, 0.29) is 20.3 Å². The summed E-state index contributed by atoms with van der Waals surface area (Å²) in [6.45, 7) is 14.2. The van der Waals surface area contributed by atoms with Gasteiger partial charge in [-0.2, -0.15) is 11.6 Å². The first-order chi connectivity index (χ1) is 16.4. The molecule has 0 N–H and O–H groups in total. The number of rotatable bonds is 3. The average molecular weight is 568 g/mol. The molecular weight excluding hydrogens is 528 g/mol. The predicted octanol–water partition coefficient (Wildman–Crippen LogP) is 9.86. The summed E-state index contributed by atoms with van der Waals surface area (Å²) in [6, 6.07) is 33.1. The Morgan fingerprint density at radius 3 is 2.08 bits per heavy atom. The molecule has 188 valence electrons. The Morgan fingerprint density at radius 1 is 0.806 bits per heavy atom. The van der Waals surface area contributed by atoms with Crippen LogP contribution in [0.15, 0.2) is 91.0 Å². The van der Waals surface area contributed by atoms with Gasteiger partial charge in [0.15, 0.2) is 0 Å². The molecule has 0 heterocycles. The predicted molar refractivity (Wildman–Crippen MR) is 161 cm³/mol. The fourth-order valence-corrected chi connectivity index (χ4v) is 4.49. The van der Waals surface area contributed by atoms with E-state index in [1.165, 1.54) is 85.5 Å². The van der Waals surface area contributed by atoms with Crippen LogP contribution in [-0.2, 0) is 35.2 Å². The van der Waals surface area contributed by atoms with E-state index < -0.39 is 0 Å². The van der Waals surface area contributed by atoms with Gasteiger partial charge in [0.05, 0.1) is 0 Å². The number of hydrogen-bond acceptors (Lipinski definition) is 0. The van der Waals surface area contributed by atoms with E-state index in [0.717, 1.165) is 0 Å². The summed E-state index contributed by atoms with van der Waals surface area (Å²) in [5.41, 5.74) is 7.05. The van der Waals surface area contributed by atoms with Crippen LogP contribution in [0.1, 0.15) is 50.8 Å². The van der Waals surface area contributed by atoms with Crippen molar-refractivity contribution in [3.63, 3.8) is 0 Å². The van der Waals surface area contributed by atoms with Crippen molar-refractivity contribution in [3.05, 3.63) is 123 Å². The molecule has 5 rings (SSSR count).